The van der Waals surface area contributed by atoms with Gasteiger partial charge in [0.05, 0.1) is 5.02 Å². The number of carbonyl (C=O) groups excluding carboxylic acids is 1. The van der Waals surface area contributed by atoms with Gasteiger partial charge in [-0.05, 0) is 24.6 Å². The van der Waals surface area contributed by atoms with Gasteiger partial charge in [-0.3, -0.25) is 4.79 Å². The summed E-state index contributed by atoms with van der Waals surface area (Å²) in [5, 5.41) is 13.2. The van der Waals surface area contributed by atoms with E-state index in [0.717, 1.165) is 5.56 Å². The number of nitrogens with two attached hydrogens (primary N) is 1. The summed E-state index contributed by atoms with van der Waals surface area (Å²) in [7, 11) is 0. The van der Waals surface area contributed by atoms with Gasteiger partial charge in [0.1, 0.15) is 29.5 Å². The van der Waals surface area contributed by atoms with E-state index in [4.69, 9.17) is 33.7 Å². The van der Waals surface area contributed by atoms with E-state index in [0.29, 0.717) is 16.3 Å². The number of carbonyl (C=O) groups is 1. The summed E-state index contributed by atoms with van der Waals surface area (Å²) in [5.74, 6) is -0.000379. The first-order chi connectivity index (χ1) is 11.9. The number of benzene rings is 2. The van der Waals surface area contributed by atoms with Crippen molar-refractivity contribution in [2.45, 2.75) is 19.1 Å². The van der Waals surface area contributed by atoms with Crippen LogP contribution in [0.4, 0.5) is 0 Å². The molecule has 1 amide bonds. The average Bonchev–Trinajstić information content (AvgIpc) is 2.61. The van der Waals surface area contributed by atoms with Crippen molar-refractivity contribution in [1.82, 2.24) is 5.32 Å². The molecule has 2 aromatic carbocycles. The minimum atomic E-state index is -0.913. The molecule has 2 unspecified atom stereocenters. The molecule has 0 heterocycles. The highest BCUT2D eigenvalue weighted by molar-refractivity contribution is 6.42. The second-order valence-electron chi connectivity index (χ2n) is 5.65. The van der Waals surface area contributed by atoms with E-state index in [2.05, 4.69) is 5.32 Å². The van der Waals surface area contributed by atoms with Gasteiger partial charge in [-0.1, -0.05) is 59.1 Å². The molecule has 0 spiro atoms. The van der Waals surface area contributed by atoms with Crippen molar-refractivity contribution >= 4 is 29.1 Å². The van der Waals surface area contributed by atoms with Crippen LogP contribution >= 0.6 is 23.2 Å². The Morgan fingerprint density at radius 2 is 1.92 bits per heavy atom. The van der Waals surface area contributed by atoms with Gasteiger partial charge < -0.3 is 20.9 Å². The standard InChI is InChI=1S/C18H20Cl2N2O3/c1-11-5-7-12(8-6-11)17(21)18(24)22-9-13(23)10-25-15-4-2-3-14(19)16(15)20/h2-8,13,17,23H,9-10,21H2,1H3,(H,22,24). The molecule has 0 aliphatic heterocycles. The van der Waals surface area contributed by atoms with Gasteiger partial charge in [0.2, 0.25) is 5.91 Å². The molecule has 25 heavy (non-hydrogen) atoms. The molecule has 5 nitrogen and oxygen atoms in total. The third-order valence-electron chi connectivity index (χ3n) is 3.58. The van der Waals surface area contributed by atoms with E-state index in [-0.39, 0.29) is 24.1 Å². The average molecular weight is 383 g/mol. The molecule has 7 heteroatoms. The summed E-state index contributed by atoms with van der Waals surface area (Å²) in [6.07, 6.45) is -0.913. The van der Waals surface area contributed by atoms with Crippen molar-refractivity contribution in [2.24, 2.45) is 5.73 Å². The molecular formula is C18H20Cl2N2O3. The van der Waals surface area contributed by atoms with Crippen molar-refractivity contribution in [3.63, 3.8) is 0 Å². The van der Waals surface area contributed by atoms with E-state index in [9.17, 15) is 9.90 Å². The molecule has 0 aliphatic rings. The summed E-state index contributed by atoms with van der Waals surface area (Å²) in [4.78, 5) is 12.1. The zero-order chi connectivity index (χ0) is 18.4. The lowest BCUT2D eigenvalue weighted by Gasteiger charge is -2.16. The van der Waals surface area contributed by atoms with Gasteiger partial charge in [0.15, 0.2) is 0 Å². The minimum Gasteiger partial charge on any atom is -0.489 e. The third kappa shape index (κ3) is 5.61. The Bertz CT molecular complexity index is 723. The molecule has 2 rings (SSSR count). The van der Waals surface area contributed by atoms with Crippen LogP contribution in [0.5, 0.6) is 5.75 Å². The molecule has 0 saturated carbocycles. The molecule has 0 bridgehead atoms. The van der Waals surface area contributed by atoms with Gasteiger partial charge in [-0.25, -0.2) is 0 Å². The largest absolute Gasteiger partial charge is 0.489 e. The number of nitrogens with one attached hydrogen (secondary N) is 1. The van der Waals surface area contributed by atoms with E-state index in [1.807, 2.05) is 19.1 Å². The first-order valence-electron chi connectivity index (χ1n) is 7.73. The predicted octanol–water partition coefficient (Wildman–Crippen LogP) is 2.86. The molecule has 0 saturated heterocycles. The van der Waals surface area contributed by atoms with Crippen LogP contribution in [0.15, 0.2) is 42.5 Å². The Hall–Kier alpha value is -1.79. The van der Waals surface area contributed by atoms with Gasteiger partial charge in [0, 0.05) is 6.54 Å². The Labute approximate surface area is 156 Å². The number of hydrogen-bond donors (Lipinski definition) is 3. The first kappa shape index (κ1) is 19.5. The maximum absolute atomic E-state index is 12.1. The summed E-state index contributed by atoms with van der Waals surface area (Å²) in [5.41, 5.74) is 7.71. The number of ether oxygens (including phenoxy) is 1. The van der Waals surface area contributed by atoms with Gasteiger partial charge in [-0.15, -0.1) is 0 Å². The molecule has 0 fully saturated rings. The number of aliphatic hydroxyl groups excluding tert-OH is 1. The van der Waals surface area contributed by atoms with Crippen molar-refractivity contribution in [1.29, 1.82) is 0 Å². The Morgan fingerprint density at radius 3 is 2.60 bits per heavy atom. The zero-order valence-corrected chi connectivity index (χ0v) is 15.2. The molecule has 0 aliphatic carbocycles. The lowest BCUT2D eigenvalue weighted by atomic mass is 10.1. The summed E-state index contributed by atoms with van der Waals surface area (Å²) in [6, 6.07) is 11.6. The van der Waals surface area contributed by atoms with Crippen LogP contribution in [0, 0.1) is 6.92 Å². The summed E-state index contributed by atoms with van der Waals surface area (Å²) < 4.78 is 5.42. The Balaban J connectivity index is 1.80. The highest BCUT2D eigenvalue weighted by Crippen LogP contribution is 2.31. The van der Waals surface area contributed by atoms with Crippen LogP contribution in [0.25, 0.3) is 0 Å². The molecule has 2 atom stereocenters. The summed E-state index contributed by atoms with van der Waals surface area (Å²) >= 11 is 11.9. The highest BCUT2D eigenvalue weighted by atomic mass is 35.5. The van der Waals surface area contributed by atoms with Crippen LogP contribution in [0.3, 0.4) is 0 Å². The van der Waals surface area contributed by atoms with Crippen LogP contribution in [0.1, 0.15) is 17.2 Å². The molecule has 4 N–H and O–H groups in total. The maximum atomic E-state index is 12.1. The molecule has 2 aromatic rings. The lowest BCUT2D eigenvalue weighted by Crippen LogP contribution is -2.40. The van der Waals surface area contributed by atoms with Crippen LogP contribution in [-0.2, 0) is 4.79 Å². The van der Waals surface area contributed by atoms with Crippen molar-refractivity contribution in [3.8, 4) is 5.75 Å². The van der Waals surface area contributed by atoms with Crippen LogP contribution < -0.4 is 15.8 Å². The van der Waals surface area contributed by atoms with E-state index >= 15 is 0 Å². The Morgan fingerprint density at radius 1 is 1.24 bits per heavy atom. The quantitative estimate of drug-likeness (QED) is 0.687. The third-order valence-corrected chi connectivity index (χ3v) is 4.38. The number of aryl methyl sites for hydroxylation is 1. The smallest absolute Gasteiger partial charge is 0.241 e. The van der Waals surface area contributed by atoms with Crippen molar-refractivity contribution in [3.05, 3.63) is 63.6 Å². The fraction of sp³-hybridized carbons (Fsp3) is 0.278. The lowest BCUT2D eigenvalue weighted by molar-refractivity contribution is -0.123. The Kier molecular flexibility index (Phi) is 7.08. The zero-order valence-electron chi connectivity index (χ0n) is 13.7. The molecule has 134 valence electrons. The van der Waals surface area contributed by atoms with E-state index in [1.54, 1.807) is 30.3 Å². The monoisotopic (exact) mass is 382 g/mol. The van der Waals surface area contributed by atoms with Crippen molar-refractivity contribution < 1.29 is 14.6 Å². The van der Waals surface area contributed by atoms with E-state index < -0.39 is 12.1 Å². The first-order valence-corrected chi connectivity index (χ1v) is 8.49. The number of halogens is 2. The molecule has 0 radical (unpaired) electrons. The number of rotatable bonds is 7. The fourth-order valence-electron chi connectivity index (χ4n) is 2.09. The van der Waals surface area contributed by atoms with Crippen LogP contribution in [0.2, 0.25) is 10.0 Å². The van der Waals surface area contributed by atoms with Gasteiger partial charge in [0.25, 0.3) is 0 Å². The molecular weight excluding hydrogens is 363 g/mol. The SMILES string of the molecule is Cc1ccc(C(N)C(=O)NCC(O)COc2cccc(Cl)c2Cl)cc1. The number of hydrogen-bond acceptors (Lipinski definition) is 4. The van der Waals surface area contributed by atoms with Gasteiger partial charge >= 0.3 is 0 Å². The maximum Gasteiger partial charge on any atom is 0.241 e. The van der Waals surface area contributed by atoms with E-state index in [1.165, 1.54) is 0 Å². The fourth-order valence-corrected chi connectivity index (χ4v) is 2.44. The minimum absolute atomic E-state index is 0.0105. The highest BCUT2D eigenvalue weighted by Gasteiger charge is 2.17. The van der Waals surface area contributed by atoms with Gasteiger partial charge in [-0.2, -0.15) is 0 Å². The number of aliphatic hydroxyl groups is 1. The summed E-state index contributed by atoms with van der Waals surface area (Å²) in [6.45, 7) is 1.93. The topological polar surface area (TPSA) is 84.6 Å². The predicted molar refractivity (Wildman–Crippen MR) is 99.1 cm³/mol. The second-order valence-corrected chi connectivity index (χ2v) is 6.44. The van der Waals surface area contributed by atoms with Crippen molar-refractivity contribution in [2.75, 3.05) is 13.2 Å². The van der Waals surface area contributed by atoms with Crippen LogP contribution in [-0.4, -0.2) is 30.3 Å². The second kappa shape index (κ2) is 9.06. The molecule has 0 aromatic heterocycles. The number of amides is 1. The normalized spacial score (nSPS) is 13.2.